The van der Waals surface area contributed by atoms with Crippen LogP contribution in [0.5, 0.6) is 11.5 Å². The van der Waals surface area contributed by atoms with Gasteiger partial charge in [-0.15, -0.1) is 0 Å². The van der Waals surface area contributed by atoms with Crippen molar-refractivity contribution in [3.63, 3.8) is 0 Å². The normalized spacial score (nSPS) is 10.2. The van der Waals surface area contributed by atoms with E-state index in [1.165, 1.54) is 11.5 Å². The molecule has 0 aliphatic heterocycles. The second-order valence-electron chi connectivity index (χ2n) is 5.15. The van der Waals surface area contributed by atoms with Crippen LogP contribution < -0.4 is 10.1 Å². The Morgan fingerprint density at radius 2 is 2.00 bits per heavy atom. The van der Waals surface area contributed by atoms with Crippen LogP contribution in [0.1, 0.15) is 11.4 Å². The van der Waals surface area contributed by atoms with E-state index >= 15 is 0 Å². The van der Waals surface area contributed by atoms with E-state index in [1.54, 1.807) is 31.4 Å². The number of ether oxygens (including phenoxy) is 2. The van der Waals surface area contributed by atoms with Gasteiger partial charge in [-0.05, 0) is 36.4 Å². The van der Waals surface area contributed by atoms with Crippen molar-refractivity contribution < 1.29 is 9.47 Å². The summed E-state index contributed by atoms with van der Waals surface area (Å²) in [5.41, 5.74) is 1.46. The number of nitrogens with zero attached hydrogens (tertiary/aromatic N) is 3. The molecule has 0 saturated carbocycles. The van der Waals surface area contributed by atoms with Crippen molar-refractivity contribution in [1.29, 1.82) is 5.26 Å². The third-order valence-corrected chi connectivity index (χ3v) is 3.97. The van der Waals surface area contributed by atoms with Gasteiger partial charge in [0.15, 0.2) is 0 Å². The first kappa shape index (κ1) is 16.9. The van der Waals surface area contributed by atoms with E-state index in [4.69, 9.17) is 14.7 Å². The molecule has 2 aromatic carbocycles. The fraction of sp³-hybridized carbons (Fsp3) is 0.167. The number of anilines is 2. The zero-order valence-corrected chi connectivity index (χ0v) is 14.4. The molecular weight excluding hydrogens is 336 g/mol. The Morgan fingerprint density at radius 3 is 2.76 bits per heavy atom. The number of aromatic nitrogens is 2. The standard InChI is InChI=1S/C18H16N4O2S/c1-23-10-9-17-21-18(25-22-17)20-14-3-2-4-16(11-14)24-15-7-5-13(12-19)6-8-15/h2-8,11H,9-10H2,1H3,(H,20,21,22). The minimum absolute atomic E-state index is 0.600. The first-order chi connectivity index (χ1) is 12.3. The molecule has 1 N–H and O–H groups in total. The van der Waals surface area contributed by atoms with Gasteiger partial charge in [-0.1, -0.05) is 6.07 Å². The van der Waals surface area contributed by atoms with Gasteiger partial charge < -0.3 is 14.8 Å². The van der Waals surface area contributed by atoms with E-state index in [0.29, 0.717) is 30.1 Å². The van der Waals surface area contributed by atoms with Crippen LogP contribution in [0, 0.1) is 11.3 Å². The summed E-state index contributed by atoms with van der Waals surface area (Å²) in [6, 6.07) is 16.6. The zero-order valence-electron chi connectivity index (χ0n) is 13.6. The number of hydrogen-bond donors (Lipinski definition) is 1. The fourth-order valence-corrected chi connectivity index (χ4v) is 2.73. The molecular formula is C18H16N4O2S. The Hall–Kier alpha value is -2.95. The molecule has 0 saturated heterocycles. The second kappa shape index (κ2) is 8.24. The van der Waals surface area contributed by atoms with Crippen LogP contribution >= 0.6 is 11.5 Å². The molecule has 0 aliphatic rings. The summed E-state index contributed by atoms with van der Waals surface area (Å²) >= 11 is 1.31. The maximum Gasteiger partial charge on any atom is 0.207 e. The highest BCUT2D eigenvalue weighted by Gasteiger charge is 2.05. The third-order valence-electron chi connectivity index (χ3n) is 3.30. The van der Waals surface area contributed by atoms with Crippen LogP contribution in [0.25, 0.3) is 0 Å². The smallest absolute Gasteiger partial charge is 0.207 e. The van der Waals surface area contributed by atoms with E-state index in [9.17, 15) is 0 Å². The van der Waals surface area contributed by atoms with Crippen molar-refractivity contribution in [3.05, 3.63) is 59.9 Å². The maximum atomic E-state index is 8.83. The molecule has 0 spiro atoms. The molecule has 126 valence electrons. The van der Waals surface area contributed by atoms with Gasteiger partial charge in [0.25, 0.3) is 0 Å². The molecule has 3 rings (SSSR count). The Balaban J connectivity index is 1.66. The largest absolute Gasteiger partial charge is 0.457 e. The summed E-state index contributed by atoms with van der Waals surface area (Å²) in [6.45, 7) is 0.601. The predicted octanol–water partition coefficient (Wildman–Crippen LogP) is 4.13. The minimum Gasteiger partial charge on any atom is -0.457 e. The van der Waals surface area contributed by atoms with E-state index in [2.05, 4.69) is 20.7 Å². The van der Waals surface area contributed by atoms with Crippen molar-refractivity contribution in [2.75, 3.05) is 19.0 Å². The summed E-state index contributed by atoms with van der Waals surface area (Å²) in [5.74, 6) is 2.13. The Bertz CT molecular complexity index is 871. The first-order valence-corrected chi connectivity index (χ1v) is 8.41. The van der Waals surface area contributed by atoms with Gasteiger partial charge in [0.2, 0.25) is 5.13 Å². The molecule has 0 unspecified atom stereocenters. The van der Waals surface area contributed by atoms with Crippen LogP contribution in [0.2, 0.25) is 0 Å². The average molecular weight is 352 g/mol. The third kappa shape index (κ3) is 4.76. The summed E-state index contributed by atoms with van der Waals surface area (Å²) in [4.78, 5) is 4.42. The summed E-state index contributed by atoms with van der Waals surface area (Å²) < 4.78 is 15.1. The Kier molecular flexibility index (Phi) is 5.57. The second-order valence-corrected chi connectivity index (χ2v) is 5.90. The maximum absolute atomic E-state index is 8.83. The lowest BCUT2D eigenvalue weighted by atomic mass is 10.2. The zero-order chi connectivity index (χ0) is 17.5. The van der Waals surface area contributed by atoms with Crippen LogP contribution in [-0.4, -0.2) is 23.1 Å². The number of hydrogen-bond acceptors (Lipinski definition) is 7. The van der Waals surface area contributed by atoms with E-state index < -0.39 is 0 Å². The molecule has 0 amide bonds. The lowest BCUT2D eigenvalue weighted by molar-refractivity contribution is 0.201. The monoisotopic (exact) mass is 352 g/mol. The van der Waals surface area contributed by atoms with Gasteiger partial charge in [-0.2, -0.15) is 9.64 Å². The van der Waals surface area contributed by atoms with E-state index in [0.717, 1.165) is 16.6 Å². The molecule has 25 heavy (non-hydrogen) atoms. The van der Waals surface area contributed by atoms with E-state index in [1.807, 2.05) is 24.3 Å². The van der Waals surface area contributed by atoms with Crippen LogP contribution in [-0.2, 0) is 11.2 Å². The molecule has 1 heterocycles. The molecule has 0 radical (unpaired) electrons. The summed E-state index contributed by atoms with van der Waals surface area (Å²) in [5, 5.41) is 12.8. The molecule has 3 aromatic rings. The highest BCUT2D eigenvalue weighted by atomic mass is 32.1. The molecule has 0 aliphatic carbocycles. The lowest BCUT2D eigenvalue weighted by Crippen LogP contribution is -1.97. The average Bonchev–Trinajstić information content (AvgIpc) is 3.08. The highest BCUT2D eigenvalue weighted by Crippen LogP contribution is 2.26. The molecule has 1 aromatic heterocycles. The number of benzene rings is 2. The number of rotatable bonds is 7. The van der Waals surface area contributed by atoms with Crippen molar-refractivity contribution in [2.24, 2.45) is 0 Å². The minimum atomic E-state index is 0.600. The molecule has 7 heteroatoms. The first-order valence-electron chi connectivity index (χ1n) is 7.63. The quantitative estimate of drug-likeness (QED) is 0.688. The van der Waals surface area contributed by atoms with Gasteiger partial charge in [0, 0.05) is 36.8 Å². The molecule has 0 bridgehead atoms. The van der Waals surface area contributed by atoms with Crippen molar-refractivity contribution in [2.45, 2.75) is 6.42 Å². The molecule has 0 fully saturated rings. The van der Waals surface area contributed by atoms with Gasteiger partial charge in [0.05, 0.1) is 18.2 Å². The van der Waals surface area contributed by atoms with Gasteiger partial charge in [-0.3, -0.25) is 0 Å². The van der Waals surface area contributed by atoms with Crippen molar-refractivity contribution in [3.8, 4) is 17.6 Å². The molecule has 6 nitrogen and oxygen atoms in total. The number of methoxy groups -OCH3 is 1. The Labute approximate surface area is 149 Å². The Morgan fingerprint density at radius 1 is 1.16 bits per heavy atom. The lowest BCUT2D eigenvalue weighted by Gasteiger charge is -2.08. The van der Waals surface area contributed by atoms with Gasteiger partial charge >= 0.3 is 0 Å². The molecule has 0 atom stereocenters. The van der Waals surface area contributed by atoms with Crippen molar-refractivity contribution >= 4 is 22.4 Å². The van der Waals surface area contributed by atoms with Gasteiger partial charge in [0.1, 0.15) is 17.3 Å². The van der Waals surface area contributed by atoms with Crippen molar-refractivity contribution in [1.82, 2.24) is 9.36 Å². The predicted molar refractivity (Wildman–Crippen MR) is 96.4 cm³/mol. The van der Waals surface area contributed by atoms with Gasteiger partial charge in [-0.25, -0.2) is 4.98 Å². The van der Waals surface area contributed by atoms with E-state index in [-0.39, 0.29) is 0 Å². The summed E-state index contributed by atoms with van der Waals surface area (Å²) in [6.07, 6.45) is 0.691. The topological polar surface area (TPSA) is 80.1 Å². The van der Waals surface area contributed by atoms with Crippen LogP contribution in [0.4, 0.5) is 10.8 Å². The number of nitriles is 1. The summed E-state index contributed by atoms with van der Waals surface area (Å²) in [7, 11) is 1.66. The fourth-order valence-electron chi connectivity index (χ4n) is 2.09. The van der Waals surface area contributed by atoms with Crippen LogP contribution in [0.15, 0.2) is 48.5 Å². The van der Waals surface area contributed by atoms with Crippen LogP contribution in [0.3, 0.4) is 0 Å². The number of nitrogens with one attached hydrogen (secondary N) is 1. The highest BCUT2D eigenvalue weighted by molar-refractivity contribution is 7.09. The SMILES string of the molecule is COCCc1nsc(Nc2cccc(Oc3ccc(C#N)cc3)c2)n1.